The highest BCUT2D eigenvalue weighted by Gasteiger charge is 2.15. The lowest BCUT2D eigenvalue weighted by atomic mass is 10.0. The number of carbonyl (C=O) groups excluding carboxylic acids is 1. The Hall–Kier alpha value is -2.77. The van der Waals surface area contributed by atoms with E-state index < -0.39 is 0 Å². The highest BCUT2D eigenvalue weighted by molar-refractivity contribution is 7.98. The largest absolute Gasteiger partial charge is 0.484 e. The Morgan fingerprint density at radius 1 is 1.23 bits per heavy atom. The summed E-state index contributed by atoms with van der Waals surface area (Å²) in [6, 6.07) is 14.0. The van der Waals surface area contributed by atoms with Gasteiger partial charge in [0.1, 0.15) is 17.1 Å². The number of fused-ring (bicyclic) bond motifs is 1. The molecule has 2 aromatic carbocycles. The van der Waals surface area contributed by atoms with Crippen molar-refractivity contribution in [2.24, 2.45) is 0 Å². The molecule has 0 spiro atoms. The lowest BCUT2D eigenvalue weighted by Gasteiger charge is -2.16. The van der Waals surface area contributed by atoms with Gasteiger partial charge in [-0.1, -0.05) is 30.3 Å². The van der Waals surface area contributed by atoms with Crippen LogP contribution >= 0.6 is 11.8 Å². The molecule has 0 aliphatic rings. The topological polar surface area (TPSA) is 88.8 Å². The van der Waals surface area contributed by atoms with Gasteiger partial charge in [-0.05, 0) is 43.0 Å². The first-order valence-corrected chi connectivity index (χ1v) is 11.1. The fourth-order valence-electron chi connectivity index (χ4n) is 3.20. The first-order valence-electron chi connectivity index (χ1n) is 9.68. The van der Waals surface area contributed by atoms with Crippen molar-refractivity contribution in [3.8, 4) is 16.9 Å². The van der Waals surface area contributed by atoms with Crippen LogP contribution in [0.15, 0.2) is 57.7 Å². The van der Waals surface area contributed by atoms with Gasteiger partial charge in [-0.25, -0.2) is 0 Å². The van der Waals surface area contributed by atoms with Gasteiger partial charge in [0.25, 0.3) is 5.91 Å². The molecule has 0 fully saturated rings. The number of aliphatic hydroxyl groups is 1. The second kappa shape index (κ2) is 10.3. The zero-order valence-corrected chi connectivity index (χ0v) is 17.8. The lowest BCUT2D eigenvalue weighted by molar-refractivity contribution is -0.124. The molecule has 7 heteroatoms. The molecule has 30 heavy (non-hydrogen) atoms. The summed E-state index contributed by atoms with van der Waals surface area (Å²) in [6.07, 6.45) is 2.66. The summed E-state index contributed by atoms with van der Waals surface area (Å²) in [6.45, 7) is 1.46. The van der Waals surface area contributed by atoms with Gasteiger partial charge in [0, 0.05) is 6.07 Å². The Bertz CT molecular complexity index is 1060. The Morgan fingerprint density at radius 2 is 2.00 bits per heavy atom. The Kier molecular flexibility index (Phi) is 7.54. The molecule has 3 rings (SSSR count). The molecule has 0 aliphatic heterocycles. The molecule has 6 nitrogen and oxygen atoms in total. The van der Waals surface area contributed by atoms with E-state index in [0.717, 1.165) is 11.3 Å². The van der Waals surface area contributed by atoms with Crippen LogP contribution in [0, 0.1) is 6.92 Å². The van der Waals surface area contributed by atoms with E-state index in [1.807, 2.05) is 36.6 Å². The fraction of sp³-hybridized carbons (Fsp3) is 0.304. The van der Waals surface area contributed by atoms with Gasteiger partial charge < -0.3 is 19.6 Å². The number of nitrogens with one attached hydrogen (secondary N) is 1. The van der Waals surface area contributed by atoms with E-state index in [0.29, 0.717) is 34.5 Å². The van der Waals surface area contributed by atoms with Crippen LogP contribution in [0.5, 0.6) is 5.75 Å². The predicted octanol–water partition coefficient (Wildman–Crippen LogP) is 3.38. The molecule has 0 aliphatic carbocycles. The summed E-state index contributed by atoms with van der Waals surface area (Å²) < 4.78 is 11.4. The number of aliphatic hydroxyl groups excluding tert-OH is 1. The quantitative estimate of drug-likeness (QED) is 0.544. The van der Waals surface area contributed by atoms with Gasteiger partial charge in [0.15, 0.2) is 6.61 Å². The van der Waals surface area contributed by atoms with Crippen LogP contribution in [0.2, 0.25) is 0 Å². The molecular weight excluding hydrogens is 402 g/mol. The summed E-state index contributed by atoms with van der Waals surface area (Å²) in [5.74, 6) is 1.48. The molecule has 0 radical (unpaired) electrons. The lowest BCUT2D eigenvalue weighted by Crippen LogP contribution is -2.40. The van der Waals surface area contributed by atoms with Crippen LogP contribution in [0.25, 0.3) is 22.1 Å². The molecule has 0 unspecified atom stereocenters. The average Bonchev–Trinajstić information content (AvgIpc) is 2.75. The summed E-state index contributed by atoms with van der Waals surface area (Å²) in [7, 11) is 0. The van der Waals surface area contributed by atoms with E-state index in [4.69, 9.17) is 9.15 Å². The Labute approximate surface area is 179 Å². The van der Waals surface area contributed by atoms with Crippen molar-refractivity contribution in [2.75, 3.05) is 25.2 Å². The van der Waals surface area contributed by atoms with E-state index in [-0.39, 0.29) is 30.6 Å². The van der Waals surface area contributed by atoms with Gasteiger partial charge >= 0.3 is 0 Å². The minimum Gasteiger partial charge on any atom is -0.484 e. The summed E-state index contributed by atoms with van der Waals surface area (Å²) in [5, 5.41) is 12.6. The predicted molar refractivity (Wildman–Crippen MR) is 120 cm³/mol. The molecule has 1 heterocycles. The van der Waals surface area contributed by atoms with Crippen molar-refractivity contribution in [3.63, 3.8) is 0 Å². The molecule has 0 saturated carbocycles. The van der Waals surface area contributed by atoms with E-state index in [2.05, 4.69) is 5.32 Å². The Balaban J connectivity index is 1.75. The van der Waals surface area contributed by atoms with Crippen molar-refractivity contribution in [1.82, 2.24) is 5.32 Å². The van der Waals surface area contributed by atoms with Crippen LogP contribution in [0.3, 0.4) is 0 Å². The number of rotatable bonds is 9. The molecule has 158 valence electrons. The number of amides is 1. The molecular formula is C23H25NO5S. The molecule has 1 aromatic heterocycles. The number of carbonyl (C=O) groups is 1. The average molecular weight is 428 g/mol. The molecule has 0 saturated heterocycles. The summed E-state index contributed by atoms with van der Waals surface area (Å²) in [4.78, 5) is 25.1. The molecule has 3 aromatic rings. The van der Waals surface area contributed by atoms with E-state index in [9.17, 15) is 14.7 Å². The number of benzene rings is 2. The minimum absolute atomic E-state index is 0.108. The SMILES string of the molecule is CSCC[C@@H](CO)NC(=O)COc1ccc2c(=O)c(-c3ccccc3)c(C)oc2c1. The molecule has 2 N–H and O–H groups in total. The van der Waals surface area contributed by atoms with E-state index >= 15 is 0 Å². The number of thioether (sulfide) groups is 1. The number of ether oxygens (including phenoxy) is 1. The van der Waals surface area contributed by atoms with Crippen LogP contribution in [-0.4, -0.2) is 42.3 Å². The van der Waals surface area contributed by atoms with Crippen molar-refractivity contribution < 1.29 is 19.1 Å². The summed E-state index contributed by atoms with van der Waals surface area (Å²) >= 11 is 1.66. The van der Waals surface area contributed by atoms with Crippen LogP contribution < -0.4 is 15.5 Å². The maximum absolute atomic E-state index is 13.0. The van der Waals surface area contributed by atoms with Gasteiger partial charge in [-0.15, -0.1) is 0 Å². The standard InChI is InChI=1S/C23H25NO5S/c1-15-22(16-6-4-3-5-7-16)23(27)19-9-8-18(12-20(19)29-15)28-14-21(26)24-17(13-25)10-11-30-2/h3-9,12,17,25H,10-11,13-14H2,1-2H3,(H,24,26)/t17-/m0/s1. The third-order valence-electron chi connectivity index (χ3n) is 4.73. The number of hydrogen-bond donors (Lipinski definition) is 2. The normalized spacial score (nSPS) is 12.0. The van der Waals surface area contributed by atoms with Gasteiger partial charge in [0.2, 0.25) is 5.43 Å². The summed E-state index contributed by atoms with van der Waals surface area (Å²) in [5.41, 5.74) is 1.64. The highest BCUT2D eigenvalue weighted by atomic mass is 32.2. The third-order valence-corrected chi connectivity index (χ3v) is 5.37. The van der Waals surface area contributed by atoms with Crippen LogP contribution in [-0.2, 0) is 4.79 Å². The zero-order valence-electron chi connectivity index (χ0n) is 17.0. The Morgan fingerprint density at radius 3 is 2.70 bits per heavy atom. The second-order valence-corrected chi connectivity index (χ2v) is 7.89. The number of hydrogen-bond acceptors (Lipinski definition) is 6. The van der Waals surface area contributed by atoms with Crippen LogP contribution in [0.1, 0.15) is 12.2 Å². The van der Waals surface area contributed by atoms with Crippen molar-refractivity contribution >= 4 is 28.6 Å². The monoisotopic (exact) mass is 427 g/mol. The van der Waals surface area contributed by atoms with E-state index in [1.165, 1.54) is 0 Å². The van der Waals surface area contributed by atoms with Gasteiger partial charge in [-0.2, -0.15) is 11.8 Å². The third kappa shape index (κ3) is 5.23. The maximum atomic E-state index is 13.0. The number of aryl methyl sites for hydroxylation is 1. The van der Waals surface area contributed by atoms with Gasteiger partial charge in [0.05, 0.1) is 23.6 Å². The van der Waals surface area contributed by atoms with Crippen molar-refractivity contribution in [2.45, 2.75) is 19.4 Å². The molecule has 1 amide bonds. The van der Waals surface area contributed by atoms with Crippen LogP contribution in [0.4, 0.5) is 0 Å². The van der Waals surface area contributed by atoms with E-state index in [1.54, 1.807) is 36.9 Å². The highest BCUT2D eigenvalue weighted by Crippen LogP contribution is 2.26. The smallest absolute Gasteiger partial charge is 0.258 e. The molecule has 1 atom stereocenters. The second-order valence-electron chi connectivity index (χ2n) is 6.90. The fourth-order valence-corrected chi connectivity index (χ4v) is 3.72. The van der Waals surface area contributed by atoms with Crippen molar-refractivity contribution in [1.29, 1.82) is 0 Å². The maximum Gasteiger partial charge on any atom is 0.258 e. The first kappa shape index (κ1) is 21.9. The van der Waals surface area contributed by atoms with Crippen molar-refractivity contribution in [3.05, 3.63) is 64.5 Å². The first-order chi connectivity index (χ1) is 14.5. The zero-order chi connectivity index (χ0) is 21.5. The molecule has 0 bridgehead atoms. The van der Waals surface area contributed by atoms with Gasteiger partial charge in [-0.3, -0.25) is 9.59 Å². The minimum atomic E-state index is -0.313.